The lowest BCUT2D eigenvalue weighted by Crippen LogP contribution is -2.22. The molecule has 0 atom stereocenters. The van der Waals surface area contributed by atoms with E-state index in [4.69, 9.17) is 10.5 Å². The zero-order valence-corrected chi connectivity index (χ0v) is 12.9. The van der Waals surface area contributed by atoms with E-state index in [0.29, 0.717) is 6.54 Å². The highest BCUT2D eigenvalue weighted by molar-refractivity contribution is 5.67. The monoisotopic (exact) mass is 284 g/mol. The topological polar surface area (TPSA) is 38.5 Å². The van der Waals surface area contributed by atoms with E-state index in [2.05, 4.69) is 54.4 Å². The van der Waals surface area contributed by atoms with Crippen LogP contribution in [-0.4, -0.2) is 32.2 Å². The molecule has 2 aromatic carbocycles. The van der Waals surface area contributed by atoms with Crippen molar-refractivity contribution in [3.8, 4) is 11.1 Å². The minimum atomic E-state index is 0.567. The number of nitrogens with zero attached hydrogens (tertiary/aromatic N) is 1. The van der Waals surface area contributed by atoms with E-state index in [-0.39, 0.29) is 0 Å². The number of methoxy groups -OCH3 is 1. The summed E-state index contributed by atoms with van der Waals surface area (Å²) in [6.07, 6.45) is 0. The molecular formula is C18H24N2O. The first-order valence-corrected chi connectivity index (χ1v) is 7.29. The number of ether oxygens (including phenoxy) is 1. The van der Waals surface area contributed by atoms with Crippen molar-refractivity contribution in [2.45, 2.75) is 13.1 Å². The second-order valence-corrected chi connectivity index (χ2v) is 5.29. The minimum Gasteiger partial charge on any atom is -0.383 e. The van der Waals surface area contributed by atoms with Crippen LogP contribution in [0.3, 0.4) is 0 Å². The maximum atomic E-state index is 5.81. The fourth-order valence-electron chi connectivity index (χ4n) is 2.41. The van der Waals surface area contributed by atoms with Gasteiger partial charge in [-0.2, -0.15) is 0 Å². The third-order valence-corrected chi connectivity index (χ3v) is 3.63. The first-order chi connectivity index (χ1) is 10.2. The standard InChI is InChI=1S/C18H24N2O/c1-20(11-12-21-2)14-15-7-9-16(10-8-15)18-6-4-3-5-17(18)13-19/h3-10H,11-14,19H2,1-2H3. The summed E-state index contributed by atoms with van der Waals surface area (Å²) in [5.41, 5.74) is 10.7. The van der Waals surface area contributed by atoms with Gasteiger partial charge < -0.3 is 10.5 Å². The van der Waals surface area contributed by atoms with Gasteiger partial charge in [0.05, 0.1) is 6.61 Å². The predicted molar refractivity (Wildman–Crippen MR) is 88.0 cm³/mol. The molecule has 0 radical (unpaired) electrons. The number of hydrogen-bond acceptors (Lipinski definition) is 3. The fraction of sp³-hybridized carbons (Fsp3) is 0.333. The number of hydrogen-bond donors (Lipinski definition) is 1. The lowest BCUT2D eigenvalue weighted by atomic mass is 9.99. The van der Waals surface area contributed by atoms with E-state index < -0.39 is 0 Å². The van der Waals surface area contributed by atoms with Crippen molar-refractivity contribution in [2.24, 2.45) is 5.73 Å². The van der Waals surface area contributed by atoms with Gasteiger partial charge in [0.25, 0.3) is 0 Å². The van der Waals surface area contributed by atoms with Gasteiger partial charge in [-0.05, 0) is 29.3 Å². The second kappa shape index (κ2) is 7.93. The lowest BCUT2D eigenvalue weighted by Gasteiger charge is -2.16. The Morgan fingerprint density at radius 1 is 1.05 bits per heavy atom. The fourth-order valence-corrected chi connectivity index (χ4v) is 2.41. The van der Waals surface area contributed by atoms with E-state index in [1.807, 2.05) is 6.07 Å². The Labute approximate surface area is 127 Å². The molecule has 0 heterocycles. The molecule has 0 unspecified atom stereocenters. The average Bonchev–Trinajstić information content (AvgIpc) is 2.53. The van der Waals surface area contributed by atoms with E-state index >= 15 is 0 Å². The van der Waals surface area contributed by atoms with Gasteiger partial charge in [0.1, 0.15) is 0 Å². The molecule has 0 saturated carbocycles. The van der Waals surface area contributed by atoms with Crippen LogP contribution in [0.25, 0.3) is 11.1 Å². The molecule has 2 N–H and O–H groups in total. The molecule has 0 bridgehead atoms. The van der Waals surface area contributed by atoms with Crippen molar-refractivity contribution in [2.75, 3.05) is 27.3 Å². The van der Waals surface area contributed by atoms with Gasteiger partial charge in [0, 0.05) is 26.7 Å². The summed E-state index contributed by atoms with van der Waals surface area (Å²) in [5, 5.41) is 0. The van der Waals surface area contributed by atoms with Gasteiger partial charge >= 0.3 is 0 Å². The molecule has 0 amide bonds. The summed E-state index contributed by atoms with van der Waals surface area (Å²) >= 11 is 0. The minimum absolute atomic E-state index is 0.567. The number of rotatable bonds is 7. The highest BCUT2D eigenvalue weighted by atomic mass is 16.5. The molecule has 0 aliphatic rings. The van der Waals surface area contributed by atoms with E-state index in [9.17, 15) is 0 Å². The first kappa shape index (κ1) is 15.7. The highest BCUT2D eigenvalue weighted by Crippen LogP contribution is 2.24. The highest BCUT2D eigenvalue weighted by Gasteiger charge is 2.04. The maximum absolute atomic E-state index is 5.81. The molecule has 0 fully saturated rings. The molecular weight excluding hydrogens is 260 g/mol. The molecule has 0 saturated heterocycles. The molecule has 112 valence electrons. The zero-order valence-electron chi connectivity index (χ0n) is 12.9. The lowest BCUT2D eigenvalue weighted by molar-refractivity contribution is 0.158. The quantitative estimate of drug-likeness (QED) is 0.849. The van der Waals surface area contributed by atoms with Crippen LogP contribution in [-0.2, 0) is 17.8 Å². The molecule has 2 rings (SSSR count). The third-order valence-electron chi connectivity index (χ3n) is 3.63. The molecule has 0 aromatic heterocycles. The molecule has 3 nitrogen and oxygen atoms in total. The molecule has 3 heteroatoms. The van der Waals surface area contributed by atoms with E-state index in [1.54, 1.807) is 7.11 Å². The third kappa shape index (κ3) is 4.39. The van der Waals surface area contributed by atoms with Gasteiger partial charge in [-0.3, -0.25) is 4.90 Å². The Hall–Kier alpha value is -1.68. The van der Waals surface area contributed by atoms with Gasteiger partial charge in [-0.1, -0.05) is 48.5 Å². The summed E-state index contributed by atoms with van der Waals surface area (Å²) < 4.78 is 5.10. The average molecular weight is 284 g/mol. The molecule has 21 heavy (non-hydrogen) atoms. The van der Waals surface area contributed by atoms with Gasteiger partial charge in [0.2, 0.25) is 0 Å². The summed E-state index contributed by atoms with van der Waals surface area (Å²) in [6, 6.07) is 17.0. The van der Waals surface area contributed by atoms with Crippen molar-refractivity contribution in [1.29, 1.82) is 0 Å². The van der Waals surface area contributed by atoms with Gasteiger partial charge in [0.15, 0.2) is 0 Å². The Balaban J connectivity index is 2.08. The summed E-state index contributed by atoms with van der Waals surface area (Å²) in [7, 11) is 3.84. The summed E-state index contributed by atoms with van der Waals surface area (Å²) in [5.74, 6) is 0. The van der Waals surface area contributed by atoms with E-state index in [1.165, 1.54) is 22.3 Å². The van der Waals surface area contributed by atoms with Crippen LogP contribution in [0, 0.1) is 0 Å². The number of nitrogens with two attached hydrogens (primary N) is 1. The molecule has 2 aromatic rings. The zero-order chi connectivity index (χ0) is 15.1. The van der Waals surface area contributed by atoms with Crippen molar-refractivity contribution in [1.82, 2.24) is 4.90 Å². The molecule has 0 spiro atoms. The second-order valence-electron chi connectivity index (χ2n) is 5.29. The number of likely N-dealkylation sites (N-methyl/N-ethyl adjacent to an activating group) is 1. The maximum Gasteiger partial charge on any atom is 0.0589 e. The molecule has 0 aliphatic carbocycles. The Bertz CT molecular complexity index is 551. The predicted octanol–water partition coefficient (Wildman–Crippen LogP) is 2.89. The smallest absolute Gasteiger partial charge is 0.0589 e. The van der Waals surface area contributed by atoms with Crippen LogP contribution < -0.4 is 5.73 Å². The van der Waals surface area contributed by atoms with Crippen LogP contribution in [0.1, 0.15) is 11.1 Å². The Morgan fingerprint density at radius 2 is 1.76 bits per heavy atom. The van der Waals surface area contributed by atoms with Crippen LogP contribution in [0.15, 0.2) is 48.5 Å². The van der Waals surface area contributed by atoms with Crippen LogP contribution in [0.5, 0.6) is 0 Å². The Morgan fingerprint density at radius 3 is 2.43 bits per heavy atom. The van der Waals surface area contributed by atoms with Crippen molar-refractivity contribution in [3.05, 3.63) is 59.7 Å². The number of benzene rings is 2. The van der Waals surface area contributed by atoms with Gasteiger partial charge in [-0.25, -0.2) is 0 Å². The van der Waals surface area contributed by atoms with Crippen LogP contribution in [0.4, 0.5) is 0 Å². The van der Waals surface area contributed by atoms with Crippen molar-refractivity contribution < 1.29 is 4.74 Å². The largest absolute Gasteiger partial charge is 0.383 e. The normalized spacial score (nSPS) is 11.0. The Kier molecular flexibility index (Phi) is 5.93. The van der Waals surface area contributed by atoms with Crippen molar-refractivity contribution >= 4 is 0 Å². The molecule has 0 aliphatic heterocycles. The summed E-state index contributed by atoms with van der Waals surface area (Å²) in [6.45, 7) is 3.20. The van der Waals surface area contributed by atoms with Crippen LogP contribution >= 0.6 is 0 Å². The van der Waals surface area contributed by atoms with Crippen molar-refractivity contribution in [3.63, 3.8) is 0 Å². The first-order valence-electron chi connectivity index (χ1n) is 7.29. The SMILES string of the molecule is COCCN(C)Cc1ccc(-c2ccccc2CN)cc1. The van der Waals surface area contributed by atoms with Crippen LogP contribution in [0.2, 0.25) is 0 Å². The van der Waals surface area contributed by atoms with Gasteiger partial charge in [-0.15, -0.1) is 0 Å². The van der Waals surface area contributed by atoms with E-state index in [0.717, 1.165) is 19.7 Å². The summed E-state index contributed by atoms with van der Waals surface area (Å²) in [4.78, 5) is 2.26.